The molecule has 0 aliphatic carbocycles. The van der Waals surface area contributed by atoms with Gasteiger partial charge in [-0.3, -0.25) is 14.4 Å². The molecule has 1 aromatic carbocycles. The highest BCUT2D eigenvalue weighted by atomic mass is 32.2. The largest absolute Gasteiger partial charge is 0.340 e. The minimum atomic E-state index is 0.0577. The van der Waals surface area contributed by atoms with Crippen LogP contribution in [-0.2, 0) is 24.8 Å². The van der Waals surface area contributed by atoms with Gasteiger partial charge in [-0.1, -0.05) is 18.2 Å². The normalized spacial score (nSPS) is 21.2. The topological polar surface area (TPSA) is 41.4 Å². The molecule has 2 aliphatic heterocycles. The summed E-state index contributed by atoms with van der Waals surface area (Å²) in [5.74, 6) is 0.310. The van der Waals surface area contributed by atoms with Crippen LogP contribution in [0.5, 0.6) is 0 Å². The van der Waals surface area contributed by atoms with Crippen LogP contribution < -0.4 is 0 Å². The lowest BCUT2D eigenvalue weighted by Gasteiger charge is -2.24. The van der Waals surface area contributed by atoms with Gasteiger partial charge in [0.05, 0.1) is 11.4 Å². The second-order valence-corrected chi connectivity index (χ2v) is 8.14. The number of hydrogen-bond acceptors (Lipinski definition) is 4. The third-order valence-corrected chi connectivity index (χ3v) is 6.29. The molecule has 3 heterocycles. The van der Waals surface area contributed by atoms with Gasteiger partial charge in [0.2, 0.25) is 5.91 Å². The molecule has 4 rings (SSSR count). The van der Waals surface area contributed by atoms with Crippen molar-refractivity contribution in [3.8, 4) is 0 Å². The molecule has 1 amide bonds. The molecule has 0 radical (unpaired) electrons. The zero-order valence-electron chi connectivity index (χ0n) is 14.6. The Morgan fingerprint density at radius 2 is 2.12 bits per heavy atom. The van der Waals surface area contributed by atoms with Gasteiger partial charge < -0.3 is 4.90 Å². The number of rotatable bonds is 3. The summed E-state index contributed by atoms with van der Waals surface area (Å²) in [6.07, 6.45) is 5.91. The molecule has 1 saturated heterocycles. The van der Waals surface area contributed by atoms with E-state index in [1.165, 1.54) is 16.0 Å². The van der Waals surface area contributed by atoms with Crippen molar-refractivity contribution in [1.29, 1.82) is 0 Å². The van der Waals surface area contributed by atoms with E-state index < -0.39 is 0 Å². The quantitative estimate of drug-likeness (QED) is 0.845. The number of nitrogens with zero attached hydrogens (tertiary/aromatic N) is 4. The van der Waals surface area contributed by atoms with Gasteiger partial charge in [-0.25, -0.2) is 0 Å². The van der Waals surface area contributed by atoms with Crippen molar-refractivity contribution >= 4 is 17.7 Å². The predicted molar refractivity (Wildman–Crippen MR) is 99.5 cm³/mol. The van der Waals surface area contributed by atoms with E-state index in [4.69, 9.17) is 0 Å². The first-order valence-electron chi connectivity index (χ1n) is 8.92. The molecule has 5 nitrogen and oxygen atoms in total. The Balaban J connectivity index is 1.34. The lowest BCUT2D eigenvalue weighted by Crippen LogP contribution is -2.40. The van der Waals surface area contributed by atoms with E-state index >= 15 is 0 Å². The maximum Gasteiger partial charge on any atom is 0.236 e. The van der Waals surface area contributed by atoms with Crippen LogP contribution in [0.1, 0.15) is 17.5 Å². The average molecular weight is 356 g/mol. The predicted octanol–water partition coefficient (Wildman–Crippen LogP) is 2.17. The SMILES string of the molecule is Cn1cc(CN2CCCN(C(=O)C3Cc4ccccc4S3)CC2)cn1. The van der Waals surface area contributed by atoms with E-state index in [0.717, 1.165) is 45.6 Å². The molecule has 25 heavy (non-hydrogen) atoms. The van der Waals surface area contributed by atoms with Gasteiger partial charge in [-0.05, 0) is 24.5 Å². The van der Waals surface area contributed by atoms with Gasteiger partial charge in [-0.15, -0.1) is 11.8 Å². The third kappa shape index (κ3) is 3.75. The second kappa shape index (κ2) is 7.22. The molecule has 0 spiro atoms. The molecule has 132 valence electrons. The van der Waals surface area contributed by atoms with Crippen molar-refractivity contribution < 1.29 is 4.79 Å². The van der Waals surface area contributed by atoms with Gasteiger partial charge in [0, 0.05) is 56.4 Å². The van der Waals surface area contributed by atoms with Crippen LogP contribution in [0.15, 0.2) is 41.6 Å². The lowest BCUT2D eigenvalue weighted by molar-refractivity contribution is -0.130. The van der Waals surface area contributed by atoms with Crippen molar-refractivity contribution in [1.82, 2.24) is 19.6 Å². The van der Waals surface area contributed by atoms with Gasteiger partial charge in [-0.2, -0.15) is 5.10 Å². The van der Waals surface area contributed by atoms with Crippen LogP contribution >= 0.6 is 11.8 Å². The Hall–Kier alpha value is -1.79. The lowest BCUT2D eigenvalue weighted by atomic mass is 10.1. The summed E-state index contributed by atoms with van der Waals surface area (Å²) in [5, 5.41) is 4.30. The fourth-order valence-electron chi connectivity index (χ4n) is 3.68. The summed E-state index contributed by atoms with van der Waals surface area (Å²) < 4.78 is 1.85. The highest BCUT2D eigenvalue weighted by Gasteiger charge is 2.32. The second-order valence-electron chi connectivity index (χ2n) is 6.90. The van der Waals surface area contributed by atoms with E-state index in [1.807, 2.05) is 17.9 Å². The number of benzene rings is 1. The van der Waals surface area contributed by atoms with Crippen LogP contribution in [0.4, 0.5) is 0 Å². The zero-order chi connectivity index (χ0) is 17.2. The number of aryl methyl sites for hydroxylation is 1. The molecular weight excluding hydrogens is 332 g/mol. The molecule has 0 saturated carbocycles. The Bertz CT molecular complexity index is 734. The fourth-order valence-corrected chi connectivity index (χ4v) is 4.96. The van der Waals surface area contributed by atoms with Crippen molar-refractivity contribution in [2.24, 2.45) is 7.05 Å². The van der Waals surface area contributed by atoms with E-state index in [1.54, 1.807) is 11.8 Å². The van der Waals surface area contributed by atoms with Crippen molar-refractivity contribution in [3.63, 3.8) is 0 Å². The van der Waals surface area contributed by atoms with Gasteiger partial charge in [0.15, 0.2) is 0 Å². The molecule has 1 fully saturated rings. The third-order valence-electron chi connectivity index (χ3n) is 4.99. The fraction of sp³-hybridized carbons (Fsp3) is 0.474. The van der Waals surface area contributed by atoms with E-state index in [2.05, 4.69) is 45.4 Å². The minimum Gasteiger partial charge on any atom is -0.340 e. The zero-order valence-corrected chi connectivity index (χ0v) is 15.4. The smallest absolute Gasteiger partial charge is 0.236 e. The molecule has 0 N–H and O–H groups in total. The van der Waals surface area contributed by atoms with Crippen LogP contribution in [0.3, 0.4) is 0 Å². The molecule has 0 bridgehead atoms. The summed E-state index contributed by atoms with van der Waals surface area (Å²) in [6.45, 7) is 4.59. The van der Waals surface area contributed by atoms with Crippen molar-refractivity contribution in [2.75, 3.05) is 26.2 Å². The number of aromatic nitrogens is 2. The summed E-state index contributed by atoms with van der Waals surface area (Å²) in [5.41, 5.74) is 2.56. The first-order chi connectivity index (χ1) is 12.2. The van der Waals surface area contributed by atoms with Crippen molar-refractivity contribution in [3.05, 3.63) is 47.8 Å². The Kier molecular flexibility index (Phi) is 4.81. The van der Waals surface area contributed by atoms with E-state index in [-0.39, 0.29) is 5.25 Å². The van der Waals surface area contributed by atoms with Gasteiger partial charge >= 0.3 is 0 Å². The number of thioether (sulfide) groups is 1. The number of carbonyl (C=O) groups is 1. The standard InChI is InChI=1S/C19H24N4OS/c1-21-13-15(12-20-21)14-22-7-4-8-23(10-9-22)19(24)18-11-16-5-2-3-6-17(16)25-18/h2-3,5-6,12-13,18H,4,7-11,14H2,1H3. The highest BCUT2D eigenvalue weighted by Crippen LogP contribution is 2.37. The van der Waals surface area contributed by atoms with Gasteiger partial charge in [0.25, 0.3) is 0 Å². The summed E-state index contributed by atoms with van der Waals surface area (Å²) in [4.78, 5) is 18.7. The molecule has 1 unspecified atom stereocenters. The molecular formula is C19H24N4OS. The Morgan fingerprint density at radius 3 is 2.92 bits per heavy atom. The first-order valence-corrected chi connectivity index (χ1v) is 9.80. The number of carbonyl (C=O) groups excluding carboxylic acids is 1. The first kappa shape index (κ1) is 16.7. The molecule has 6 heteroatoms. The van der Waals surface area contributed by atoms with Crippen LogP contribution in [0.2, 0.25) is 0 Å². The average Bonchev–Trinajstić information content (AvgIpc) is 3.15. The molecule has 1 atom stereocenters. The number of fused-ring (bicyclic) bond motifs is 1. The molecule has 2 aromatic rings. The van der Waals surface area contributed by atoms with E-state index in [0.29, 0.717) is 5.91 Å². The Labute approximate surface area is 153 Å². The minimum absolute atomic E-state index is 0.0577. The maximum atomic E-state index is 13.0. The number of hydrogen-bond donors (Lipinski definition) is 0. The molecule has 1 aromatic heterocycles. The summed E-state index contributed by atoms with van der Waals surface area (Å²) >= 11 is 1.74. The summed E-state index contributed by atoms with van der Waals surface area (Å²) in [7, 11) is 1.95. The van der Waals surface area contributed by atoms with Crippen LogP contribution in [0, 0.1) is 0 Å². The van der Waals surface area contributed by atoms with Crippen LogP contribution in [0.25, 0.3) is 0 Å². The maximum absolute atomic E-state index is 13.0. The monoisotopic (exact) mass is 356 g/mol. The van der Waals surface area contributed by atoms with E-state index in [9.17, 15) is 4.79 Å². The Morgan fingerprint density at radius 1 is 1.24 bits per heavy atom. The van der Waals surface area contributed by atoms with Crippen molar-refractivity contribution in [2.45, 2.75) is 29.5 Å². The summed E-state index contributed by atoms with van der Waals surface area (Å²) in [6, 6.07) is 8.40. The van der Waals surface area contributed by atoms with Crippen LogP contribution in [-0.4, -0.2) is 56.9 Å². The van der Waals surface area contributed by atoms with Gasteiger partial charge in [0.1, 0.15) is 0 Å². The molecule has 2 aliphatic rings. The number of amides is 1. The highest BCUT2D eigenvalue weighted by molar-refractivity contribution is 8.01.